The van der Waals surface area contributed by atoms with Crippen molar-refractivity contribution in [1.82, 2.24) is 4.98 Å². The molecule has 0 aliphatic rings. The van der Waals surface area contributed by atoms with Crippen LogP contribution in [-0.2, 0) is 6.61 Å². The zero-order valence-corrected chi connectivity index (χ0v) is 10.8. The second-order valence-corrected chi connectivity index (χ2v) is 4.86. The second kappa shape index (κ2) is 6.04. The fraction of sp³-hybridized carbons (Fsp3) is 0.600. The molecule has 4 nitrogen and oxygen atoms in total. The van der Waals surface area contributed by atoms with Crippen LogP contribution in [0.4, 0.5) is 5.13 Å². The van der Waals surface area contributed by atoms with Gasteiger partial charge in [-0.25, -0.2) is 4.98 Å². The molecule has 0 radical (unpaired) electrons. The molecule has 16 heavy (non-hydrogen) atoms. The van der Waals surface area contributed by atoms with Crippen LogP contribution in [0.2, 0.25) is 5.15 Å². The Labute approximate surface area is 104 Å². The van der Waals surface area contributed by atoms with Crippen molar-refractivity contribution in [3.8, 4) is 6.07 Å². The molecule has 0 spiro atoms. The quantitative estimate of drug-likeness (QED) is 0.881. The molecule has 88 valence electrons. The van der Waals surface area contributed by atoms with Gasteiger partial charge in [-0.05, 0) is 13.8 Å². The predicted octanol–water partition coefficient (Wildman–Crippen LogP) is 2.27. The molecule has 0 fully saturated rings. The summed E-state index contributed by atoms with van der Waals surface area (Å²) in [5, 5.41) is 18.9. The highest BCUT2D eigenvalue weighted by Crippen LogP contribution is 2.29. The highest BCUT2D eigenvalue weighted by molar-refractivity contribution is 7.16. The molecular weight excluding hydrogens is 246 g/mol. The third kappa shape index (κ3) is 3.08. The van der Waals surface area contributed by atoms with Gasteiger partial charge in [-0.3, -0.25) is 0 Å². The summed E-state index contributed by atoms with van der Waals surface area (Å²) in [6.45, 7) is 5.16. The predicted molar refractivity (Wildman–Crippen MR) is 65.7 cm³/mol. The summed E-state index contributed by atoms with van der Waals surface area (Å²) in [4.78, 5) is 6.84. The fourth-order valence-corrected chi connectivity index (χ4v) is 2.46. The first-order valence-electron chi connectivity index (χ1n) is 5.03. The normalized spacial score (nSPS) is 12.2. The number of thiazole rings is 1. The third-order valence-corrected chi connectivity index (χ3v) is 3.67. The van der Waals surface area contributed by atoms with Crippen LogP contribution in [0.1, 0.15) is 18.7 Å². The van der Waals surface area contributed by atoms with E-state index in [1.807, 2.05) is 18.7 Å². The van der Waals surface area contributed by atoms with Gasteiger partial charge in [0.2, 0.25) is 0 Å². The molecule has 1 unspecified atom stereocenters. The van der Waals surface area contributed by atoms with Gasteiger partial charge in [0.25, 0.3) is 0 Å². The molecule has 1 N–H and O–H groups in total. The maximum atomic E-state index is 9.03. The number of anilines is 1. The largest absolute Gasteiger partial charge is 0.391 e. The molecule has 0 amide bonds. The van der Waals surface area contributed by atoms with Gasteiger partial charge in [0.15, 0.2) is 5.13 Å². The number of aliphatic hydroxyl groups is 1. The van der Waals surface area contributed by atoms with Crippen molar-refractivity contribution in [2.45, 2.75) is 20.5 Å². The van der Waals surface area contributed by atoms with E-state index in [9.17, 15) is 0 Å². The molecule has 0 saturated carbocycles. The lowest BCUT2D eigenvalue weighted by Crippen LogP contribution is -2.27. The molecular formula is C10H14ClN3OS. The average Bonchev–Trinajstić information content (AvgIpc) is 2.66. The van der Waals surface area contributed by atoms with Crippen LogP contribution in [0.3, 0.4) is 0 Å². The maximum absolute atomic E-state index is 9.03. The fourth-order valence-electron chi connectivity index (χ4n) is 1.27. The Morgan fingerprint density at radius 1 is 1.69 bits per heavy atom. The first kappa shape index (κ1) is 13.2. The van der Waals surface area contributed by atoms with Crippen LogP contribution >= 0.6 is 22.9 Å². The molecule has 0 saturated heterocycles. The van der Waals surface area contributed by atoms with Gasteiger partial charge in [0.05, 0.1) is 23.5 Å². The van der Waals surface area contributed by atoms with Crippen LogP contribution in [0, 0.1) is 17.2 Å². The molecule has 1 rings (SSSR count). The Balaban J connectivity index is 2.83. The van der Waals surface area contributed by atoms with E-state index in [4.69, 9.17) is 22.0 Å². The minimum Gasteiger partial charge on any atom is -0.391 e. The van der Waals surface area contributed by atoms with E-state index in [0.717, 1.165) is 11.7 Å². The molecule has 1 aromatic heterocycles. The molecule has 1 aromatic rings. The molecule has 1 atom stereocenters. The Bertz CT molecular complexity index is 388. The molecule has 0 aliphatic carbocycles. The summed E-state index contributed by atoms with van der Waals surface area (Å²) in [5.41, 5.74) is 0. The Kier molecular flexibility index (Phi) is 5.00. The van der Waals surface area contributed by atoms with Crippen molar-refractivity contribution in [2.24, 2.45) is 5.92 Å². The third-order valence-electron chi connectivity index (χ3n) is 2.15. The van der Waals surface area contributed by atoms with Crippen molar-refractivity contribution < 1.29 is 5.11 Å². The number of nitriles is 1. The first-order chi connectivity index (χ1) is 7.62. The van der Waals surface area contributed by atoms with Crippen molar-refractivity contribution in [3.63, 3.8) is 0 Å². The van der Waals surface area contributed by atoms with E-state index in [-0.39, 0.29) is 12.5 Å². The van der Waals surface area contributed by atoms with E-state index in [0.29, 0.717) is 16.6 Å². The van der Waals surface area contributed by atoms with Gasteiger partial charge in [-0.15, -0.1) is 0 Å². The Hall–Kier alpha value is -0.830. The van der Waals surface area contributed by atoms with Crippen molar-refractivity contribution in [2.75, 3.05) is 18.0 Å². The number of hydrogen-bond acceptors (Lipinski definition) is 5. The van der Waals surface area contributed by atoms with E-state index in [1.54, 1.807) is 0 Å². The van der Waals surface area contributed by atoms with Crippen LogP contribution in [0.5, 0.6) is 0 Å². The van der Waals surface area contributed by atoms with Gasteiger partial charge in [0.1, 0.15) is 5.15 Å². The van der Waals surface area contributed by atoms with E-state index >= 15 is 0 Å². The summed E-state index contributed by atoms with van der Waals surface area (Å²) in [5.74, 6) is -0.0554. The Morgan fingerprint density at radius 3 is 2.81 bits per heavy atom. The molecule has 1 heterocycles. The van der Waals surface area contributed by atoms with E-state index in [2.05, 4.69) is 11.1 Å². The Morgan fingerprint density at radius 2 is 2.38 bits per heavy atom. The number of halogens is 1. The molecule has 6 heteroatoms. The molecule has 0 aromatic carbocycles. The van der Waals surface area contributed by atoms with Crippen LogP contribution < -0.4 is 4.90 Å². The number of rotatable bonds is 5. The summed E-state index contributed by atoms with van der Waals surface area (Å²) in [6, 6.07) is 2.19. The second-order valence-electron chi connectivity index (χ2n) is 3.44. The van der Waals surface area contributed by atoms with Gasteiger partial charge >= 0.3 is 0 Å². The zero-order chi connectivity index (χ0) is 12.1. The zero-order valence-electron chi connectivity index (χ0n) is 9.27. The van der Waals surface area contributed by atoms with Gasteiger partial charge in [-0.1, -0.05) is 22.9 Å². The summed E-state index contributed by atoms with van der Waals surface area (Å²) in [7, 11) is 0. The highest BCUT2D eigenvalue weighted by atomic mass is 35.5. The lowest BCUT2D eigenvalue weighted by molar-refractivity contribution is 0.285. The number of aliphatic hydroxyl groups excluding tert-OH is 1. The number of nitrogens with zero attached hydrogens (tertiary/aromatic N) is 3. The molecule has 0 aliphatic heterocycles. The maximum Gasteiger partial charge on any atom is 0.187 e. The topological polar surface area (TPSA) is 60.2 Å². The lowest BCUT2D eigenvalue weighted by atomic mass is 10.2. The number of hydrogen-bond donors (Lipinski definition) is 1. The van der Waals surface area contributed by atoms with Gasteiger partial charge in [-0.2, -0.15) is 5.26 Å². The van der Waals surface area contributed by atoms with Gasteiger partial charge < -0.3 is 10.0 Å². The van der Waals surface area contributed by atoms with Crippen molar-refractivity contribution in [1.29, 1.82) is 5.26 Å². The standard InChI is InChI=1S/C10H14ClN3OS/c1-3-14(5-7(2)4-12)10-13-9(11)8(6-15)16-10/h7,15H,3,5-6H2,1-2H3. The van der Waals surface area contributed by atoms with E-state index in [1.165, 1.54) is 11.3 Å². The van der Waals surface area contributed by atoms with Crippen LogP contribution in [-0.4, -0.2) is 23.2 Å². The SMILES string of the molecule is CCN(CC(C)C#N)c1nc(Cl)c(CO)s1. The molecule has 0 bridgehead atoms. The minimum absolute atomic E-state index is 0.0554. The average molecular weight is 260 g/mol. The monoisotopic (exact) mass is 259 g/mol. The summed E-state index contributed by atoms with van der Waals surface area (Å²) >= 11 is 7.23. The summed E-state index contributed by atoms with van der Waals surface area (Å²) in [6.07, 6.45) is 0. The van der Waals surface area contributed by atoms with Crippen LogP contribution in [0.25, 0.3) is 0 Å². The lowest BCUT2D eigenvalue weighted by Gasteiger charge is -2.20. The number of aromatic nitrogens is 1. The van der Waals surface area contributed by atoms with Crippen LogP contribution in [0.15, 0.2) is 0 Å². The summed E-state index contributed by atoms with van der Waals surface area (Å²) < 4.78 is 0. The van der Waals surface area contributed by atoms with E-state index < -0.39 is 0 Å². The first-order valence-corrected chi connectivity index (χ1v) is 6.22. The van der Waals surface area contributed by atoms with Crippen molar-refractivity contribution in [3.05, 3.63) is 10.0 Å². The minimum atomic E-state index is -0.0954. The van der Waals surface area contributed by atoms with Crippen molar-refractivity contribution >= 4 is 28.1 Å². The van der Waals surface area contributed by atoms with Gasteiger partial charge in [0, 0.05) is 13.1 Å². The highest BCUT2D eigenvalue weighted by Gasteiger charge is 2.15. The smallest absolute Gasteiger partial charge is 0.187 e.